The van der Waals surface area contributed by atoms with E-state index in [1.807, 2.05) is 32.9 Å². The van der Waals surface area contributed by atoms with Crippen LogP contribution in [0.2, 0.25) is 0 Å². The van der Waals surface area contributed by atoms with Crippen LogP contribution in [0.1, 0.15) is 44.1 Å². The maximum atomic E-state index is 13.1. The third-order valence-electron chi connectivity index (χ3n) is 5.97. The number of hydrogen-bond acceptors (Lipinski definition) is 5. The van der Waals surface area contributed by atoms with Crippen LogP contribution >= 0.6 is 0 Å². The first-order chi connectivity index (χ1) is 16.7. The smallest absolute Gasteiger partial charge is 0.410 e. The number of halogens is 1. The Bertz CT molecular complexity index is 1120. The normalized spacial score (nSPS) is 16.2. The van der Waals surface area contributed by atoms with Gasteiger partial charge < -0.3 is 24.1 Å². The van der Waals surface area contributed by atoms with E-state index in [0.717, 1.165) is 60.2 Å². The number of carbonyl (C=O) groups is 1. The molecule has 1 saturated heterocycles. The van der Waals surface area contributed by atoms with Crippen molar-refractivity contribution in [1.82, 2.24) is 10.2 Å². The van der Waals surface area contributed by atoms with E-state index in [0.29, 0.717) is 19.7 Å². The zero-order chi connectivity index (χ0) is 24.8. The van der Waals surface area contributed by atoms with Crippen LogP contribution in [-0.4, -0.2) is 48.9 Å². The van der Waals surface area contributed by atoms with Crippen molar-refractivity contribution in [3.05, 3.63) is 71.2 Å². The van der Waals surface area contributed by atoms with Gasteiger partial charge in [-0.05, 0) is 69.0 Å². The van der Waals surface area contributed by atoms with Crippen LogP contribution < -0.4 is 5.32 Å². The molecule has 1 amide bonds. The highest BCUT2D eigenvalue weighted by atomic mass is 19.1. The van der Waals surface area contributed by atoms with Crippen molar-refractivity contribution in [2.24, 2.45) is 0 Å². The molecular weight excluding hydrogens is 447 g/mol. The molecule has 3 aromatic rings. The second-order valence-electron chi connectivity index (χ2n) is 10.1. The number of hydrogen-bond donors (Lipinski definition) is 1. The highest BCUT2D eigenvalue weighted by Crippen LogP contribution is 2.22. The summed E-state index contributed by atoms with van der Waals surface area (Å²) >= 11 is 0. The van der Waals surface area contributed by atoms with Gasteiger partial charge in [0.15, 0.2) is 0 Å². The van der Waals surface area contributed by atoms with Crippen molar-refractivity contribution in [1.29, 1.82) is 0 Å². The molecule has 1 aromatic heterocycles. The number of ether oxygens (including phenoxy) is 2. The number of rotatable bonds is 9. The van der Waals surface area contributed by atoms with Crippen molar-refractivity contribution >= 4 is 17.1 Å². The fourth-order valence-corrected chi connectivity index (χ4v) is 4.17. The molecule has 1 aliphatic heterocycles. The monoisotopic (exact) mass is 482 g/mol. The average Bonchev–Trinajstić information content (AvgIpc) is 3.44. The maximum Gasteiger partial charge on any atom is 0.410 e. The summed E-state index contributed by atoms with van der Waals surface area (Å²) in [7, 11) is 0. The van der Waals surface area contributed by atoms with Crippen LogP contribution in [0.25, 0.3) is 11.0 Å². The number of aryl methyl sites for hydroxylation is 2. The molecular formula is C28H35FN2O4. The van der Waals surface area contributed by atoms with E-state index in [2.05, 4.69) is 29.6 Å². The standard InChI is InChI=1S/C28H35FN2O4/c1-28(2,3)35-27(32)31-14-12-25(19-31)33-15-13-30-18-21-4-8-22-17-24(34-26(22)16-21)11-7-20-5-9-23(29)10-6-20/h4-6,8-10,16-17,25,30H,7,11-15,18-19H2,1-3H3. The van der Waals surface area contributed by atoms with Gasteiger partial charge in [-0.25, -0.2) is 9.18 Å². The molecule has 7 heteroatoms. The van der Waals surface area contributed by atoms with Crippen LogP contribution in [0.4, 0.5) is 9.18 Å². The van der Waals surface area contributed by atoms with Crippen LogP contribution in [0.3, 0.4) is 0 Å². The molecule has 2 heterocycles. The number of likely N-dealkylation sites (tertiary alicyclic amines) is 1. The number of fused-ring (bicyclic) bond motifs is 1. The van der Waals surface area contributed by atoms with Gasteiger partial charge in [0.05, 0.1) is 19.3 Å². The highest BCUT2D eigenvalue weighted by molar-refractivity contribution is 5.78. The summed E-state index contributed by atoms with van der Waals surface area (Å²) in [5.74, 6) is 0.716. The molecule has 0 saturated carbocycles. The van der Waals surface area contributed by atoms with E-state index in [1.54, 1.807) is 4.90 Å². The Morgan fingerprint density at radius 1 is 1.11 bits per heavy atom. The highest BCUT2D eigenvalue weighted by Gasteiger charge is 2.30. The van der Waals surface area contributed by atoms with Crippen molar-refractivity contribution < 1.29 is 23.1 Å². The summed E-state index contributed by atoms with van der Waals surface area (Å²) in [6.07, 6.45) is 2.20. The van der Waals surface area contributed by atoms with E-state index in [9.17, 15) is 9.18 Å². The first-order valence-corrected chi connectivity index (χ1v) is 12.3. The lowest BCUT2D eigenvalue weighted by Gasteiger charge is -2.24. The van der Waals surface area contributed by atoms with Gasteiger partial charge in [0.1, 0.15) is 22.8 Å². The molecule has 1 N–H and O–H groups in total. The Balaban J connectivity index is 1.16. The topological polar surface area (TPSA) is 63.9 Å². The molecule has 1 unspecified atom stereocenters. The zero-order valence-corrected chi connectivity index (χ0v) is 20.8. The van der Waals surface area contributed by atoms with E-state index in [-0.39, 0.29) is 18.0 Å². The van der Waals surface area contributed by atoms with E-state index < -0.39 is 5.60 Å². The molecule has 0 bridgehead atoms. The van der Waals surface area contributed by atoms with Gasteiger partial charge in [0, 0.05) is 31.4 Å². The van der Waals surface area contributed by atoms with Gasteiger partial charge >= 0.3 is 6.09 Å². The molecule has 1 fully saturated rings. The molecule has 0 aliphatic carbocycles. The minimum absolute atomic E-state index is 0.0529. The molecule has 188 valence electrons. The molecule has 35 heavy (non-hydrogen) atoms. The van der Waals surface area contributed by atoms with Gasteiger partial charge in [-0.1, -0.05) is 24.3 Å². The van der Waals surface area contributed by atoms with Gasteiger partial charge in [0.2, 0.25) is 0 Å². The van der Waals surface area contributed by atoms with Crippen LogP contribution in [0, 0.1) is 5.82 Å². The Labute approximate surface area is 206 Å². The summed E-state index contributed by atoms with van der Waals surface area (Å²) in [5.41, 5.74) is 2.63. The average molecular weight is 483 g/mol. The van der Waals surface area contributed by atoms with Crippen LogP contribution in [0.15, 0.2) is 52.9 Å². The summed E-state index contributed by atoms with van der Waals surface area (Å²) in [6.45, 7) is 8.90. The lowest BCUT2D eigenvalue weighted by Crippen LogP contribution is -2.36. The Kier molecular flexibility index (Phi) is 8.08. The number of nitrogens with zero attached hydrogens (tertiary/aromatic N) is 1. The molecule has 0 radical (unpaired) electrons. The molecule has 1 aliphatic rings. The summed E-state index contributed by atoms with van der Waals surface area (Å²) in [6, 6.07) is 14.9. The molecule has 1 atom stereocenters. The fourth-order valence-electron chi connectivity index (χ4n) is 4.17. The number of amides is 1. The summed E-state index contributed by atoms with van der Waals surface area (Å²) < 4.78 is 30.5. The van der Waals surface area contributed by atoms with Crippen molar-refractivity contribution in [3.8, 4) is 0 Å². The van der Waals surface area contributed by atoms with Crippen molar-refractivity contribution in [3.63, 3.8) is 0 Å². The minimum atomic E-state index is -0.482. The Hall–Kier alpha value is -2.90. The second-order valence-corrected chi connectivity index (χ2v) is 10.1. The number of carbonyl (C=O) groups excluding carboxylic acids is 1. The summed E-state index contributed by atoms with van der Waals surface area (Å²) in [5, 5.41) is 4.50. The van der Waals surface area contributed by atoms with Gasteiger partial charge in [0.25, 0.3) is 0 Å². The Morgan fingerprint density at radius 3 is 2.66 bits per heavy atom. The van der Waals surface area contributed by atoms with Crippen LogP contribution in [-0.2, 0) is 28.9 Å². The summed E-state index contributed by atoms with van der Waals surface area (Å²) in [4.78, 5) is 13.9. The largest absolute Gasteiger partial charge is 0.461 e. The van der Waals surface area contributed by atoms with Gasteiger partial charge in [-0.3, -0.25) is 0 Å². The predicted molar refractivity (Wildman–Crippen MR) is 134 cm³/mol. The van der Waals surface area contributed by atoms with Gasteiger partial charge in [-0.2, -0.15) is 0 Å². The molecule has 0 spiro atoms. The van der Waals surface area contributed by atoms with Crippen molar-refractivity contribution in [2.75, 3.05) is 26.2 Å². The SMILES string of the molecule is CC(C)(C)OC(=O)N1CCC(OCCNCc2ccc3cc(CCc4ccc(F)cc4)oc3c2)C1. The van der Waals surface area contributed by atoms with Gasteiger partial charge in [-0.15, -0.1) is 0 Å². The quantitative estimate of drug-likeness (QED) is 0.410. The lowest BCUT2D eigenvalue weighted by molar-refractivity contribution is 0.0213. The Morgan fingerprint density at radius 2 is 1.89 bits per heavy atom. The molecule has 2 aromatic carbocycles. The lowest BCUT2D eigenvalue weighted by atomic mass is 10.1. The van der Waals surface area contributed by atoms with E-state index in [4.69, 9.17) is 13.9 Å². The van der Waals surface area contributed by atoms with Crippen molar-refractivity contribution in [2.45, 2.75) is 58.3 Å². The maximum absolute atomic E-state index is 13.1. The van der Waals surface area contributed by atoms with Crippen LogP contribution in [0.5, 0.6) is 0 Å². The molecule has 6 nitrogen and oxygen atoms in total. The van der Waals surface area contributed by atoms with E-state index in [1.165, 1.54) is 12.1 Å². The third kappa shape index (κ3) is 7.54. The first-order valence-electron chi connectivity index (χ1n) is 12.3. The zero-order valence-electron chi connectivity index (χ0n) is 20.8. The number of benzene rings is 2. The number of nitrogens with one attached hydrogen (secondary N) is 1. The van der Waals surface area contributed by atoms with E-state index >= 15 is 0 Å². The minimum Gasteiger partial charge on any atom is -0.461 e. The predicted octanol–water partition coefficient (Wildman–Crippen LogP) is 5.47. The molecule has 4 rings (SSSR count). The number of furan rings is 1. The fraction of sp³-hybridized carbons (Fsp3) is 0.464. The second kappa shape index (κ2) is 11.2. The third-order valence-corrected chi connectivity index (χ3v) is 5.97. The first kappa shape index (κ1) is 25.2.